The van der Waals surface area contributed by atoms with E-state index in [0.29, 0.717) is 0 Å². The quantitative estimate of drug-likeness (QED) is 0.520. The Morgan fingerprint density at radius 2 is 1.75 bits per heavy atom. The highest BCUT2D eigenvalue weighted by atomic mass is 16.6. The van der Waals surface area contributed by atoms with E-state index in [0.717, 1.165) is 0 Å². The highest BCUT2D eigenvalue weighted by molar-refractivity contribution is 5.85. The zero-order valence-electron chi connectivity index (χ0n) is 12.4. The van der Waals surface area contributed by atoms with E-state index in [1.807, 2.05) is 0 Å². The Hall–Kier alpha value is -2.11. The van der Waals surface area contributed by atoms with Crippen molar-refractivity contribution in [1.29, 1.82) is 0 Å². The molecule has 0 spiro atoms. The van der Waals surface area contributed by atoms with Gasteiger partial charge in [0.05, 0.1) is 4.92 Å². The zero-order valence-corrected chi connectivity index (χ0v) is 12.4. The molecule has 0 bridgehead atoms. The molecule has 0 aliphatic rings. The summed E-state index contributed by atoms with van der Waals surface area (Å²) in [5.74, 6) is -0.469. The predicted molar refractivity (Wildman–Crippen MR) is 76.6 cm³/mol. The van der Waals surface area contributed by atoms with Crippen LogP contribution in [0, 0.1) is 10.1 Å². The number of para-hydroxylation sites is 2. The molecule has 0 heterocycles. The van der Waals surface area contributed by atoms with E-state index >= 15 is 0 Å². The van der Waals surface area contributed by atoms with Crippen molar-refractivity contribution in [1.82, 2.24) is 0 Å². The molecule has 0 fully saturated rings. The van der Waals surface area contributed by atoms with Crippen molar-refractivity contribution in [2.24, 2.45) is 0 Å². The summed E-state index contributed by atoms with van der Waals surface area (Å²) in [5, 5.41) is 13.8. The molecule has 6 heteroatoms. The summed E-state index contributed by atoms with van der Waals surface area (Å²) in [4.78, 5) is 22.6. The maximum atomic E-state index is 12.1. The number of esters is 1. The number of benzene rings is 1. The van der Waals surface area contributed by atoms with Crippen molar-refractivity contribution < 1.29 is 14.5 Å². The van der Waals surface area contributed by atoms with Crippen molar-refractivity contribution in [3.05, 3.63) is 34.4 Å². The molecule has 0 saturated heterocycles. The lowest BCUT2D eigenvalue weighted by Crippen LogP contribution is -2.44. The van der Waals surface area contributed by atoms with Gasteiger partial charge in [-0.3, -0.25) is 10.1 Å². The molecule has 0 aliphatic carbocycles. The van der Waals surface area contributed by atoms with Gasteiger partial charge in [0.25, 0.3) is 5.69 Å². The molecule has 0 saturated carbocycles. The molecule has 6 nitrogen and oxygen atoms in total. The Kier molecular flexibility index (Phi) is 4.37. The van der Waals surface area contributed by atoms with Gasteiger partial charge in [0.2, 0.25) is 0 Å². The van der Waals surface area contributed by atoms with Crippen LogP contribution in [-0.4, -0.2) is 22.0 Å². The normalized spacial score (nSPS) is 11.8. The minimum absolute atomic E-state index is 0.0795. The Morgan fingerprint density at radius 1 is 1.20 bits per heavy atom. The molecule has 1 aromatic carbocycles. The van der Waals surface area contributed by atoms with Gasteiger partial charge in [-0.25, -0.2) is 4.79 Å². The second-order valence-electron chi connectivity index (χ2n) is 6.03. The number of carbonyl (C=O) groups is 1. The van der Waals surface area contributed by atoms with Gasteiger partial charge in [0, 0.05) is 6.07 Å². The highest BCUT2D eigenvalue weighted by Crippen LogP contribution is 2.27. The van der Waals surface area contributed by atoms with Crippen LogP contribution in [0.1, 0.15) is 34.6 Å². The molecule has 1 N–H and O–H groups in total. The van der Waals surface area contributed by atoms with Gasteiger partial charge in [-0.05, 0) is 40.7 Å². The number of nitrogens with zero attached hydrogens (tertiary/aromatic N) is 1. The summed E-state index contributed by atoms with van der Waals surface area (Å²) in [6.45, 7) is 8.55. The molecular formula is C14H20N2O4. The largest absolute Gasteiger partial charge is 0.458 e. The van der Waals surface area contributed by atoms with E-state index < -0.39 is 22.0 Å². The van der Waals surface area contributed by atoms with Crippen LogP contribution in [0.2, 0.25) is 0 Å². The number of rotatable bonds is 4. The average molecular weight is 280 g/mol. The summed E-state index contributed by atoms with van der Waals surface area (Å²) < 4.78 is 5.30. The fourth-order valence-corrected chi connectivity index (χ4v) is 1.53. The monoisotopic (exact) mass is 280 g/mol. The topological polar surface area (TPSA) is 81.5 Å². The number of anilines is 1. The molecule has 0 aromatic heterocycles. The fraction of sp³-hybridized carbons (Fsp3) is 0.500. The number of ether oxygens (including phenoxy) is 1. The smallest absolute Gasteiger partial charge is 0.331 e. The van der Waals surface area contributed by atoms with E-state index in [4.69, 9.17) is 4.74 Å². The van der Waals surface area contributed by atoms with Crippen molar-refractivity contribution >= 4 is 17.3 Å². The third-order valence-corrected chi connectivity index (χ3v) is 2.46. The summed E-state index contributed by atoms with van der Waals surface area (Å²) in [6, 6.07) is 6.18. The maximum Gasteiger partial charge on any atom is 0.331 e. The van der Waals surface area contributed by atoms with Gasteiger partial charge in [0.15, 0.2) is 0 Å². The van der Waals surface area contributed by atoms with E-state index in [-0.39, 0.29) is 11.4 Å². The van der Waals surface area contributed by atoms with Crippen LogP contribution in [0.4, 0.5) is 11.4 Å². The van der Waals surface area contributed by atoms with Crippen molar-refractivity contribution in [3.8, 4) is 0 Å². The maximum absolute atomic E-state index is 12.1. The van der Waals surface area contributed by atoms with Crippen LogP contribution in [0.15, 0.2) is 24.3 Å². The zero-order chi connectivity index (χ0) is 15.6. The number of carbonyl (C=O) groups excluding carboxylic acids is 1. The molecule has 110 valence electrons. The van der Waals surface area contributed by atoms with Crippen molar-refractivity contribution in [2.75, 3.05) is 5.32 Å². The van der Waals surface area contributed by atoms with Crippen molar-refractivity contribution in [2.45, 2.75) is 45.8 Å². The Bertz CT molecular complexity index is 518. The minimum atomic E-state index is -1.07. The fourth-order valence-electron chi connectivity index (χ4n) is 1.53. The Labute approximate surface area is 118 Å². The first-order valence-corrected chi connectivity index (χ1v) is 6.28. The van der Waals surface area contributed by atoms with Crippen molar-refractivity contribution in [3.63, 3.8) is 0 Å². The lowest BCUT2D eigenvalue weighted by Gasteiger charge is -2.29. The number of hydrogen-bond acceptors (Lipinski definition) is 5. The number of hydrogen-bond donors (Lipinski definition) is 1. The lowest BCUT2D eigenvalue weighted by atomic mass is 10.0. The van der Waals surface area contributed by atoms with Crippen LogP contribution in [-0.2, 0) is 9.53 Å². The molecule has 0 unspecified atom stereocenters. The number of nitrogens with one attached hydrogen (secondary N) is 1. The van der Waals surface area contributed by atoms with E-state index in [2.05, 4.69) is 5.32 Å². The summed E-state index contributed by atoms with van der Waals surface area (Å²) in [5.41, 5.74) is -1.48. The molecule has 0 atom stereocenters. The Balaban J connectivity index is 2.97. The van der Waals surface area contributed by atoms with Crippen LogP contribution in [0.3, 0.4) is 0 Å². The van der Waals surface area contributed by atoms with Gasteiger partial charge in [0.1, 0.15) is 16.8 Å². The summed E-state index contributed by atoms with van der Waals surface area (Å²) in [6.07, 6.45) is 0. The van der Waals surface area contributed by atoms with Gasteiger partial charge in [-0.15, -0.1) is 0 Å². The first kappa shape index (κ1) is 15.9. The second kappa shape index (κ2) is 5.48. The first-order valence-electron chi connectivity index (χ1n) is 6.28. The molecular weight excluding hydrogens is 260 g/mol. The molecule has 0 amide bonds. The standard InChI is InChI=1S/C14H20N2O4/c1-13(2,3)20-12(17)14(4,5)15-10-8-6-7-9-11(10)16(18)19/h6-9,15H,1-5H3. The van der Waals surface area contributed by atoms with Crippen LogP contribution >= 0.6 is 0 Å². The number of nitro benzene ring substituents is 1. The van der Waals surface area contributed by atoms with Gasteiger partial charge >= 0.3 is 5.97 Å². The minimum Gasteiger partial charge on any atom is -0.458 e. The van der Waals surface area contributed by atoms with Crippen LogP contribution < -0.4 is 5.32 Å². The van der Waals surface area contributed by atoms with E-state index in [1.54, 1.807) is 52.8 Å². The van der Waals surface area contributed by atoms with Crippen LogP contribution in [0.25, 0.3) is 0 Å². The van der Waals surface area contributed by atoms with Crippen LogP contribution in [0.5, 0.6) is 0 Å². The molecule has 20 heavy (non-hydrogen) atoms. The second-order valence-corrected chi connectivity index (χ2v) is 6.03. The SMILES string of the molecule is CC(C)(C)OC(=O)C(C)(C)Nc1ccccc1[N+](=O)[O-]. The third-order valence-electron chi connectivity index (χ3n) is 2.46. The van der Waals surface area contributed by atoms with E-state index in [9.17, 15) is 14.9 Å². The first-order chi connectivity index (χ1) is 9.03. The lowest BCUT2D eigenvalue weighted by molar-refractivity contribution is -0.384. The number of nitro groups is 1. The predicted octanol–water partition coefficient (Wildman–Crippen LogP) is 3.13. The average Bonchev–Trinajstić information content (AvgIpc) is 2.26. The molecule has 1 aromatic rings. The van der Waals surface area contributed by atoms with Gasteiger partial charge < -0.3 is 10.1 Å². The van der Waals surface area contributed by atoms with Gasteiger partial charge in [-0.2, -0.15) is 0 Å². The van der Waals surface area contributed by atoms with E-state index in [1.165, 1.54) is 6.07 Å². The molecule has 0 radical (unpaired) electrons. The van der Waals surface area contributed by atoms with Gasteiger partial charge in [-0.1, -0.05) is 12.1 Å². The molecule has 1 rings (SSSR count). The Morgan fingerprint density at radius 3 is 2.25 bits per heavy atom. The highest BCUT2D eigenvalue weighted by Gasteiger charge is 2.34. The molecule has 0 aliphatic heterocycles. The third kappa shape index (κ3) is 4.22. The summed E-state index contributed by atoms with van der Waals surface area (Å²) >= 11 is 0. The summed E-state index contributed by atoms with van der Waals surface area (Å²) in [7, 11) is 0.